The van der Waals surface area contributed by atoms with E-state index in [0.29, 0.717) is 49.8 Å². The molecule has 37 heavy (non-hydrogen) atoms. The Labute approximate surface area is 229 Å². The first-order valence-corrected chi connectivity index (χ1v) is 13.0. The molecule has 0 aliphatic rings. The Hall–Kier alpha value is -3.24. The number of thiazole rings is 1. The molecule has 0 aliphatic carbocycles. The van der Waals surface area contributed by atoms with Crippen LogP contribution < -0.4 is 15.6 Å². The Morgan fingerprint density at radius 2 is 1.89 bits per heavy atom. The van der Waals surface area contributed by atoms with Crippen molar-refractivity contribution in [1.82, 2.24) is 19.9 Å². The average molecular weight is 577 g/mol. The zero-order valence-electron chi connectivity index (χ0n) is 18.9. The molecule has 3 heterocycles. The van der Waals surface area contributed by atoms with Gasteiger partial charge in [-0.25, -0.2) is 14.4 Å². The maximum Gasteiger partial charge on any atom is 0.258 e. The summed E-state index contributed by atoms with van der Waals surface area (Å²) in [4.78, 5) is 29.1. The predicted octanol–water partition coefficient (Wildman–Crippen LogP) is 6.77. The summed E-state index contributed by atoms with van der Waals surface area (Å²) >= 11 is 19.3. The van der Waals surface area contributed by atoms with E-state index in [4.69, 9.17) is 39.5 Å². The van der Waals surface area contributed by atoms with Crippen LogP contribution in [0.15, 0.2) is 58.8 Å². The Morgan fingerprint density at radius 1 is 1.03 bits per heavy atom. The number of nitrogens with zero attached hydrogens (tertiary/aromatic N) is 3. The number of benzene rings is 2. The molecular formula is C25H17Cl3FN5O2S. The van der Waals surface area contributed by atoms with Crippen LogP contribution in [0.5, 0.6) is 5.75 Å². The van der Waals surface area contributed by atoms with Crippen LogP contribution in [0.3, 0.4) is 0 Å². The first kappa shape index (κ1) is 25.4. The minimum absolute atomic E-state index is 0.0555. The molecule has 12 heteroatoms. The Bertz CT molecular complexity index is 1660. The van der Waals surface area contributed by atoms with Gasteiger partial charge in [-0.15, -0.1) is 11.3 Å². The topological polar surface area (TPSA) is 92.8 Å². The number of pyridine rings is 1. The van der Waals surface area contributed by atoms with E-state index in [1.54, 1.807) is 18.3 Å². The van der Waals surface area contributed by atoms with E-state index >= 15 is 0 Å². The highest BCUT2D eigenvalue weighted by Gasteiger charge is 2.15. The lowest BCUT2D eigenvalue weighted by Gasteiger charge is -2.08. The van der Waals surface area contributed by atoms with Crippen LogP contribution in [0.4, 0.5) is 9.52 Å². The SMILES string of the molecule is O=c1[nH]c(COc2ccc(F)c(Cl)c2)nc2c(-c3csc(NCCc4ccc(Cl)c(Cl)c4)n3)nccc12. The first-order valence-electron chi connectivity index (χ1n) is 11.0. The van der Waals surface area contributed by atoms with Crippen LogP contribution in [0.1, 0.15) is 11.4 Å². The lowest BCUT2D eigenvalue weighted by Crippen LogP contribution is -2.14. The van der Waals surface area contributed by atoms with Crippen LogP contribution in [0.25, 0.3) is 22.3 Å². The van der Waals surface area contributed by atoms with Gasteiger partial charge in [-0.1, -0.05) is 40.9 Å². The van der Waals surface area contributed by atoms with Crippen LogP contribution in [0, 0.1) is 5.82 Å². The van der Waals surface area contributed by atoms with Crippen LogP contribution in [0.2, 0.25) is 15.1 Å². The van der Waals surface area contributed by atoms with Crippen molar-refractivity contribution in [2.45, 2.75) is 13.0 Å². The maximum atomic E-state index is 13.4. The number of aromatic nitrogens is 4. The minimum Gasteiger partial charge on any atom is -0.486 e. The van der Waals surface area contributed by atoms with Gasteiger partial charge in [0.1, 0.15) is 40.9 Å². The normalized spacial score (nSPS) is 11.1. The third-order valence-corrected chi connectivity index (χ3v) is 7.19. The molecule has 5 aromatic rings. The summed E-state index contributed by atoms with van der Waals surface area (Å²) in [6.45, 7) is 0.584. The van der Waals surface area contributed by atoms with Crippen LogP contribution >= 0.6 is 46.1 Å². The molecule has 0 amide bonds. The van der Waals surface area contributed by atoms with E-state index in [1.807, 2.05) is 17.5 Å². The highest BCUT2D eigenvalue weighted by atomic mass is 35.5. The summed E-state index contributed by atoms with van der Waals surface area (Å²) in [6.07, 6.45) is 2.28. The molecule has 0 unspecified atom stereocenters. The molecule has 0 fully saturated rings. The molecule has 188 valence electrons. The molecule has 0 spiro atoms. The predicted molar refractivity (Wildman–Crippen MR) is 146 cm³/mol. The fourth-order valence-electron chi connectivity index (χ4n) is 3.56. The summed E-state index contributed by atoms with van der Waals surface area (Å²) in [7, 11) is 0. The van der Waals surface area contributed by atoms with Gasteiger partial charge in [-0.3, -0.25) is 9.78 Å². The highest BCUT2D eigenvalue weighted by molar-refractivity contribution is 7.14. The molecule has 2 aromatic carbocycles. The Balaban J connectivity index is 1.33. The van der Waals surface area contributed by atoms with Crippen molar-refractivity contribution < 1.29 is 9.13 Å². The summed E-state index contributed by atoms with van der Waals surface area (Å²) in [5.74, 6) is 0.0764. The molecule has 5 rings (SSSR count). The monoisotopic (exact) mass is 575 g/mol. The number of hydrogen-bond acceptors (Lipinski definition) is 7. The van der Waals surface area contributed by atoms with Gasteiger partial charge in [0.15, 0.2) is 5.13 Å². The zero-order chi connectivity index (χ0) is 25.9. The third kappa shape index (κ3) is 5.86. The summed E-state index contributed by atoms with van der Waals surface area (Å²) in [6, 6.07) is 11.1. The zero-order valence-corrected chi connectivity index (χ0v) is 22.0. The number of ether oxygens (including phenoxy) is 1. The second-order valence-electron chi connectivity index (χ2n) is 7.90. The molecule has 0 saturated carbocycles. The maximum absolute atomic E-state index is 13.4. The largest absolute Gasteiger partial charge is 0.486 e. The fraction of sp³-hybridized carbons (Fsp3) is 0.120. The molecule has 0 bridgehead atoms. The second kappa shape index (κ2) is 11.0. The van der Waals surface area contributed by atoms with E-state index in [0.717, 1.165) is 12.0 Å². The second-order valence-corrected chi connectivity index (χ2v) is 9.98. The van der Waals surface area contributed by atoms with Gasteiger partial charge >= 0.3 is 0 Å². The van der Waals surface area contributed by atoms with Crippen LogP contribution in [-0.4, -0.2) is 26.5 Å². The molecule has 0 saturated heterocycles. The lowest BCUT2D eigenvalue weighted by atomic mass is 10.1. The van der Waals surface area contributed by atoms with Crippen molar-refractivity contribution in [1.29, 1.82) is 0 Å². The molecule has 7 nitrogen and oxygen atoms in total. The number of aromatic amines is 1. The molecule has 0 aliphatic heterocycles. The van der Waals surface area contributed by atoms with Crippen LogP contribution in [-0.2, 0) is 13.0 Å². The van der Waals surface area contributed by atoms with Gasteiger partial charge in [-0.2, -0.15) is 0 Å². The molecular weight excluding hydrogens is 560 g/mol. The van der Waals surface area contributed by atoms with E-state index in [-0.39, 0.29) is 23.0 Å². The highest BCUT2D eigenvalue weighted by Crippen LogP contribution is 2.28. The Morgan fingerprint density at radius 3 is 2.70 bits per heavy atom. The first-order chi connectivity index (χ1) is 17.9. The van der Waals surface area contributed by atoms with E-state index < -0.39 is 5.82 Å². The number of anilines is 1. The van der Waals surface area contributed by atoms with E-state index in [9.17, 15) is 9.18 Å². The molecule has 2 N–H and O–H groups in total. The molecule has 0 radical (unpaired) electrons. The van der Waals surface area contributed by atoms with Gasteiger partial charge in [0.05, 0.1) is 20.5 Å². The number of halogens is 4. The van der Waals surface area contributed by atoms with Crippen molar-refractivity contribution in [2.24, 2.45) is 0 Å². The number of nitrogens with one attached hydrogen (secondary N) is 2. The van der Waals surface area contributed by atoms with Gasteiger partial charge in [0.25, 0.3) is 5.56 Å². The number of H-pyrrole nitrogens is 1. The lowest BCUT2D eigenvalue weighted by molar-refractivity contribution is 0.295. The van der Waals surface area contributed by atoms with Gasteiger partial charge in [-0.05, 0) is 42.3 Å². The quantitative estimate of drug-likeness (QED) is 0.212. The van der Waals surface area contributed by atoms with Gasteiger partial charge in [0.2, 0.25) is 0 Å². The Kier molecular flexibility index (Phi) is 7.57. The number of fused-ring (bicyclic) bond motifs is 1. The molecule has 3 aromatic heterocycles. The van der Waals surface area contributed by atoms with Gasteiger partial charge in [0, 0.05) is 24.2 Å². The summed E-state index contributed by atoms with van der Waals surface area (Å²) < 4.78 is 19.0. The summed E-state index contributed by atoms with van der Waals surface area (Å²) in [5, 5.41) is 7.20. The van der Waals surface area contributed by atoms with E-state index in [1.165, 1.54) is 29.5 Å². The third-order valence-electron chi connectivity index (χ3n) is 5.36. The van der Waals surface area contributed by atoms with Gasteiger partial charge < -0.3 is 15.0 Å². The number of rotatable bonds is 8. The van der Waals surface area contributed by atoms with Crippen molar-refractivity contribution in [3.8, 4) is 17.1 Å². The smallest absolute Gasteiger partial charge is 0.258 e. The fourth-order valence-corrected chi connectivity index (χ4v) is 4.77. The standard InChI is InChI=1S/C25H17Cl3FN5O2S/c26-16-3-1-13(9-17(16)27)5-7-31-25-32-20(12-37-25)23-22-15(6-8-30-23)24(35)34-21(33-22)11-36-14-2-4-19(29)18(28)10-14/h1-4,6,8-10,12H,5,7,11H2,(H,31,32)(H,33,34,35). The minimum atomic E-state index is -0.548. The van der Waals surface area contributed by atoms with Crippen molar-refractivity contribution in [3.63, 3.8) is 0 Å². The average Bonchev–Trinajstić information content (AvgIpc) is 3.35. The van der Waals surface area contributed by atoms with E-state index in [2.05, 4.69) is 25.3 Å². The molecule has 0 atom stereocenters. The number of hydrogen-bond donors (Lipinski definition) is 2. The van der Waals surface area contributed by atoms with Crippen molar-refractivity contribution >= 4 is 62.2 Å². The van der Waals surface area contributed by atoms with Crippen molar-refractivity contribution in [2.75, 3.05) is 11.9 Å². The van der Waals surface area contributed by atoms with Crippen molar-refractivity contribution in [3.05, 3.63) is 96.7 Å². The summed E-state index contributed by atoms with van der Waals surface area (Å²) in [5.41, 5.74) is 2.18.